The van der Waals surface area contributed by atoms with E-state index in [9.17, 15) is 9.59 Å². The summed E-state index contributed by atoms with van der Waals surface area (Å²) in [5, 5.41) is 0. The molecule has 0 amide bonds. The molecule has 0 aliphatic heterocycles. The Balaban J connectivity index is 1.31. The highest BCUT2D eigenvalue weighted by molar-refractivity contribution is 5.93. The minimum Gasteiger partial charge on any atom is -0.494 e. The van der Waals surface area contributed by atoms with E-state index in [0.717, 1.165) is 22.3 Å². The highest BCUT2D eigenvalue weighted by atomic mass is 16.5. The molecule has 198 valence electrons. The van der Waals surface area contributed by atoms with Crippen LogP contribution in [0.1, 0.15) is 51.6 Å². The molecule has 0 saturated heterocycles. The fourth-order valence-electron chi connectivity index (χ4n) is 4.73. The van der Waals surface area contributed by atoms with Crippen LogP contribution in [-0.4, -0.2) is 32.8 Å². The number of carbonyl (C=O) groups excluding carboxylic acids is 2. The van der Waals surface area contributed by atoms with E-state index < -0.39 is 11.9 Å². The molecule has 0 fully saturated rings. The third kappa shape index (κ3) is 5.16. The van der Waals surface area contributed by atoms with Crippen molar-refractivity contribution in [3.8, 4) is 39.9 Å². The molecule has 0 heterocycles. The van der Waals surface area contributed by atoms with E-state index in [-0.39, 0.29) is 5.92 Å². The molecule has 1 aliphatic carbocycles. The smallest absolute Gasteiger partial charge is 0.343 e. The van der Waals surface area contributed by atoms with Gasteiger partial charge in [0.05, 0.1) is 32.0 Å². The summed E-state index contributed by atoms with van der Waals surface area (Å²) in [6, 6.07) is 23.0. The highest BCUT2D eigenvalue weighted by Gasteiger charge is 2.27. The largest absolute Gasteiger partial charge is 0.494 e. The summed E-state index contributed by atoms with van der Waals surface area (Å²) in [5.41, 5.74) is 4.95. The topological polar surface area (TPSA) is 80.3 Å². The van der Waals surface area contributed by atoms with Crippen LogP contribution in [-0.2, 0) is 0 Å². The van der Waals surface area contributed by atoms with Crippen molar-refractivity contribution in [1.29, 1.82) is 0 Å². The minimum atomic E-state index is -0.498. The average molecular weight is 525 g/mol. The highest BCUT2D eigenvalue weighted by Crippen LogP contribution is 2.47. The predicted octanol–water partition coefficient (Wildman–Crippen LogP) is 6.67. The molecule has 0 saturated carbocycles. The number of hydrogen-bond acceptors (Lipinski definition) is 7. The summed E-state index contributed by atoms with van der Waals surface area (Å²) >= 11 is 0. The van der Waals surface area contributed by atoms with Crippen molar-refractivity contribution in [3.05, 3.63) is 101 Å². The quantitative estimate of drug-likeness (QED) is 0.188. The summed E-state index contributed by atoms with van der Waals surface area (Å²) in [6.07, 6.45) is 0. The van der Waals surface area contributed by atoms with Crippen molar-refractivity contribution in [1.82, 2.24) is 0 Å². The van der Waals surface area contributed by atoms with Crippen LogP contribution in [0.3, 0.4) is 0 Å². The molecule has 5 rings (SSSR count). The Kier molecular flexibility index (Phi) is 7.23. The van der Waals surface area contributed by atoms with Crippen LogP contribution in [0.2, 0.25) is 0 Å². The van der Waals surface area contributed by atoms with Gasteiger partial charge in [0.15, 0.2) is 11.5 Å². The number of rotatable bonds is 8. The molecule has 0 N–H and O–H groups in total. The Hall–Kier alpha value is -4.78. The van der Waals surface area contributed by atoms with Gasteiger partial charge in [-0.3, -0.25) is 0 Å². The summed E-state index contributed by atoms with van der Waals surface area (Å²) < 4.78 is 27.3. The standard InChI is InChI=1S/C32H28O7/c1-5-37-22-9-6-20(7-10-22)31(33)38-23-11-13-25-26-14-12-24(18-28(26)19(2)27(25)17-23)39-32(34)21-8-15-29(35-3)30(16-21)36-4/h6-19H,5H2,1-4H3. The summed E-state index contributed by atoms with van der Waals surface area (Å²) in [5.74, 6) is 1.66. The third-order valence-corrected chi connectivity index (χ3v) is 6.71. The molecule has 7 nitrogen and oxygen atoms in total. The zero-order chi connectivity index (χ0) is 27.5. The maximum Gasteiger partial charge on any atom is 0.343 e. The molecule has 1 unspecified atom stereocenters. The van der Waals surface area contributed by atoms with Gasteiger partial charge in [-0.1, -0.05) is 19.1 Å². The lowest BCUT2D eigenvalue weighted by Crippen LogP contribution is -2.09. The first-order valence-electron chi connectivity index (χ1n) is 12.6. The molecule has 1 atom stereocenters. The molecule has 4 aromatic rings. The second kappa shape index (κ2) is 10.9. The first kappa shape index (κ1) is 25.9. The molecule has 4 aromatic carbocycles. The van der Waals surface area contributed by atoms with Crippen LogP contribution in [0.4, 0.5) is 0 Å². The third-order valence-electron chi connectivity index (χ3n) is 6.71. The molecule has 1 aliphatic rings. The van der Waals surface area contributed by atoms with Crippen molar-refractivity contribution in [2.45, 2.75) is 19.8 Å². The molecule has 0 bridgehead atoms. The van der Waals surface area contributed by atoms with Crippen molar-refractivity contribution in [3.63, 3.8) is 0 Å². The molecule has 0 spiro atoms. The fraction of sp³-hybridized carbons (Fsp3) is 0.188. The van der Waals surface area contributed by atoms with Crippen molar-refractivity contribution >= 4 is 11.9 Å². The number of hydrogen-bond donors (Lipinski definition) is 0. The van der Waals surface area contributed by atoms with E-state index in [4.69, 9.17) is 23.7 Å². The summed E-state index contributed by atoms with van der Waals surface area (Å²) in [4.78, 5) is 25.5. The first-order valence-corrected chi connectivity index (χ1v) is 12.6. The Morgan fingerprint density at radius 3 is 1.69 bits per heavy atom. The van der Waals surface area contributed by atoms with Crippen molar-refractivity contribution in [2.75, 3.05) is 20.8 Å². The van der Waals surface area contributed by atoms with Crippen LogP contribution in [0.25, 0.3) is 11.1 Å². The maximum atomic E-state index is 12.8. The first-order chi connectivity index (χ1) is 18.9. The summed E-state index contributed by atoms with van der Waals surface area (Å²) in [6.45, 7) is 4.53. The lowest BCUT2D eigenvalue weighted by atomic mass is 9.99. The van der Waals surface area contributed by atoms with Crippen LogP contribution in [0, 0.1) is 0 Å². The van der Waals surface area contributed by atoms with Crippen molar-refractivity contribution < 1.29 is 33.3 Å². The number of esters is 2. The van der Waals surface area contributed by atoms with E-state index in [0.29, 0.717) is 46.5 Å². The van der Waals surface area contributed by atoms with Crippen LogP contribution >= 0.6 is 0 Å². The van der Waals surface area contributed by atoms with Gasteiger partial charge in [-0.05, 0) is 95.9 Å². The molecule has 0 aromatic heterocycles. The Morgan fingerprint density at radius 1 is 0.641 bits per heavy atom. The molecular formula is C32H28O7. The van der Waals surface area contributed by atoms with Gasteiger partial charge in [-0.25, -0.2) is 9.59 Å². The second-order valence-corrected chi connectivity index (χ2v) is 9.03. The minimum absolute atomic E-state index is 0.0128. The van der Waals surface area contributed by atoms with Gasteiger partial charge in [-0.15, -0.1) is 0 Å². The number of carbonyl (C=O) groups is 2. The summed E-state index contributed by atoms with van der Waals surface area (Å²) in [7, 11) is 3.05. The van der Waals surface area contributed by atoms with Gasteiger partial charge in [-0.2, -0.15) is 0 Å². The van der Waals surface area contributed by atoms with Crippen LogP contribution in [0.5, 0.6) is 28.7 Å². The lowest BCUT2D eigenvalue weighted by Gasteiger charge is -2.11. The number of fused-ring (bicyclic) bond motifs is 3. The van der Waals surface area contributed by atoms with Crippen molar-refractivity contribution in [2.24, 2.45) is 0 Å². The van der Waals surface area contributed by atoms with Gasteiger partial charge in [0.2, 0.25) is 0 Å². The predicted molar refractivity (Wildman–Crippen MR) is 146 cm³/mol. The molecular weight excluding hydrogens is 496 g/mol. The SMILES string of the molecule is CCOc1ccc(C(=O)Oc2ccc3c(c2)C(C)c2cc(OC(=O)c4ccc(OC)c(OC)c4)ccc2-3)cc1. The van der Waals surface area contributed by atoms with Crippen LogP contribution in [0.15, 0.2) is 78.9 Å². The zero-order valence-corrected chi connectivity index (χ0v) is 22.1. The Bertz CT molecular complexity index is 1540. The second-order valence-electron chi connectivity index (χ2n) is 9.03. The molecule has 39 heavy (non-hydrogen) atoms. The number of ether oxygens (including phenoxy) is 5. The van der Waals surface area contributed by atoms with Gasteiger partial charge in [0, 0.05) is 5.92 Å². The van der Waals surface area contributed by atoms with Gasteiger partial charge in [0.1, 0.15) is 17.2 Å². The number of benzene rings is 4. The Morgan fingerprint density at radius 2 is 1.15 bits per heavy atom. The number of methoxy groups -OCH3 is 2. The van der Waals surface area contributed by atoms with Gasteiger partial charge >= 0.3 is 11.9 Å². The Labute approximate surface area is 226 Å². The molecule has 0 radical (unpaired) electrons. The van der Waals surface area contributed by atoms with E-state index in [1.807, 2.05) is 31.2 Å². The average Bonchev–Trinajstić information content (AvgIpc) is 3.23. The monoisotopic (exact) mass is 524 g/mol. The van der Waals surface area contributed by atoms with Crippen LogP contribution < -0.4 is 23.7 Å². The normalized spacial score (nSPS) is 13.2. The van der Waals surface area contributed by atoms with E-state index in [2.05, 4.69) is 6.92 Å². The van der Waals surface area contributed by atoms with E-state index >= 15 is 0 Å². The van der Waals surface area contributed by atoms with E-state index in [1.165, 1.54) is 14.2 Å². The maximum absolute atomic E-state index is 12.8. The van der Waals surface area contributed by atoms with E-state index in [1.54, 1.807) is 54.6 Å². The lowest BCUT2D eigenvalue weighted by molar-refractivity contribution is 0.0725. The van der Waals surface area contributed by atoms with Gasteiger partial charge < -0.3 is 23.7 Å². The fourth-order valence-corrected chi connectivity index (χ4v) is 4.73. The zero-order valence-electron chi connectivity index (χ0n) is 22.1. The van der Waals surface area contributed by atoms with Gasteiger partial charge in [0.25, 0.3) is 0 Å². The molecule has 7 heteroatoms.